The Kier molecular flexibility index (Phi) is 7.79. The van der Waals surface area contributed by atoms with E-state index in [1.807, 2.05) is 24.3 Å². The summed E-state index contributed by atoms with van der Waals surface area (Å²) in [6.45, 7) is 4.61. The van der Waals surface area contributed by atoms with E-state index in [9.17, 15) is 9.59 Å². The lowest BCUT2D eigenvalue weighted by atomic mass is 10.2. The Bertz CT molecular complexity index is 884. The molecule has 1 heterocycles. The Morgan fingerprint density at radius 1 is 0.967 bits per heavy atom. The molecule has 0 saturated carbocycles. The fourth-order valence-corrected chi connectivity index (χ4v) is 3.54. The zero-order valence-corrected chi connectivity index (χ0v) is 18.2. The number of ether oxygens (including phenoxy) is 1. The Balaban J connectivity index is 1.40. The van der Waals surface area contributed by atoms with Gasteiger partial charge in [-0.15, -0.1) is 0 Å². The van der Waals surface area contributed by atoms with Crippen molar-refractivity contribution >= 4 is 46.4 Å². The van der Waals surface area contributed by atoms with E-state index in [2.05, 4.69) is 20.4 Å². The van der Waals surface area contributed by atoms with Gasteiger partial charge in [-0.25, -0.2) is 0 Å². The molecule has 1 aliphatic heterocycles. The number of hydrogen-bond acceptors (Lipinski definition) is 5. The quantitative estimate of drug-likeness (QED) is 0.661. The molecule has 0 atom stereocenters. The Morgan fingerprint density at radius 3 is 2.30 bits per heavy atom. The van der Waals surface area contributed by atoms with Crippen molar-refractivity contribution in [2.45, 2.75) is 0 Å². The highest BCUT2D eigenvalue weighted by Crippen LogP contribution is 2.27. The van der Waals surface area contributed by atoms with E-state index in [1.165, 1.54) is 13.2 Å². The van der Waals surface area contributed by atoms with Crippen LogP contribution >= 0.6 is 23.2 Å². The first-order chi connectivity index (χ1) is 14.5. The molecule has 2 N–H and O–H groups in total. The van der Waals surface area contributed by atoms with Gasteiger partial charge < -0.3 is 20.3 Å². The SMILES string of the molecule is COc1ccc(Cl)cc1NC(=O)C(=O)NCCN1CCN(c2ccc(Cl)cc2)CC1. The zero-order valence-electron chi connectivity index (χ0n) is 16.7. The summed E-state index contributed by atoms with van der Waals surface area (Å²) in [7, 11) is 1.48. The molecule has 30 heavy (non-hydrogen) atoms. The predicted molar refractivity (Wildman–Crippen MR) is 120 cm³/mol. The van der Waals surface area contributed by atoms with E-state index in [0.29, 0.717) is 29.5 Å². The molecule has 0 aliphatic carbocycles. The van der Waals surface area contributed by atoms with Gasteiger partial charge in [-0.05, 0) is 42.5 Å². The summed E-state index contributed by atoms with van der Waals surface area (Å²) in [6, 6.07) is 12.6. The maximum atomic E-state index is 12.1. The van der Waals surface area contributed by atoms with Gasteiger partial charge in [0.2, 0.25) is 0 Å². The predicted octanol–water partition coefficient (Wildman–Crippen LogP) is 2.88. The van der Waals surface area contributed by atoms with Crippen LogP contribution in [0, 0.1) is 0 Å². The molecule has 1 saturated heterocycles. The van der Waals surface area contributed by atoms with Crippen molar-refractivity contribution in [2.75, 3.05) is 56.6 Å². The van der Waals surface area contributed by atoms with Gasteiger partial charge in [0.15, 0.2) is 0 Å². The summed E-state index contributed by atoms with van der Waals surface area (Å²) in [5, 5.41) is 6.35. The van der Waals surface area contributed by atoms with E-state index in [4.69, 9.17) is 27.9 Å². The average Bonchev–Trinajstić information content (AvgIpc) is 2.75. The van der Waals surface area contributed by atoms with E-state index in [0.717, 1.165) is 36.9 Å². The van der Waals surface area contributed by atoms with Crippen LogP contribution in [0.1, 0.15) is 0 Å². The van der Waals surface area contributed by atoms with Crippen LogP contribution in [-0.4, -0.2) is 63.1 Å². The smallest absolute Gasteiger partial charge is 0.313 e. The first kappa shape index (κ1) is 22.2. The van der Waals surface area contributed by atoms with Gasteiger partial charge >= 0.3 is 11.8 Å². The first-order valence-electron chi connectivity index (χ1n) is 9.62. The van der Waals surface area contributed by atoms with Crippen molar-refractivity contribution in [3.05, 3.63) is 52.5 Å². The van der Waals surface area contributed by atoms with Crippen LogP contribution in [-0.2, 0) is 9.59 Å². The third-order valence-corrected chi connectivity index (χ3v) is 5.38. The molecule has 3 rings (SSSR count). The minimum atomic E-state index is -0.761. The average molecular weight is 451 g/mol. The highest BCUT2D eigenvalue weighted by molar-refractivity contribution is 6.40. The van der Waals surface area contributed by atoms with Gasteiger partial charge in [-0.2, -0.15) is 0 Å². The summed E-state index contributed by atoms with van der Waals surface area (Å²) in [4.78, 5) is 28.8. The lowest BCUT2D eigenvalue weighted by Gasteiger charge is -2.36. The monoisotopic (exact) mass is 450 g/mol. The van der Waals surface area contributed by atoms with Crippen molar-refractivity contribution in [3.63, 3.8) is 0 Å². The molecule has 7 nitrogen and oxygen atoms in total. The zero-order chi connectivity index (χ0) is 21.5. The van der Waals surface area contributed by atoms with Crippen LogP contribution in [0.15, 0.2) is 42.5 Å². The van der Waals surface area contributed by atoms with Crippen LogP contribution in [0.5, 0.6) is 5.75 Å². The van der Waals surface area contributed by atoms with Crippen molar-refractivity contribution in [1.29, 1.82) is 0 Å². The van der Waals surface area contributed by atoms with Crippen LogP contribution in [0.4, 0.5) is 11.4 Å². The van der Waals surface area contributed by atoms with Crippen LogP contribution < -0.4 is 20.3 Å². The van der Waals surface area contributed by atoms with Crippen LogP contribution in [0.2, 0.25) is 10.0 Å². The second kappa shape index (κ2) is 10.5. The molecular weight excluding hydrogens is 427 g/mol. The summed E-state index contributed by atoms with van der Waals surface area (Å²) in [6.07, 6.45) is 0. The number of methoxy groups -OCH3 is 1. The van der Waals surface area contributed by atoms with E-state index in [-0.39, 0.29) is 0 Å². The summed E-state index contributed by atoms with van der Waals surface area (Å²) in [5.74, 6) is -1.03. The standard InChI is InChI=1S/C21H24Cl2N4O3/c1-30-19-7-4-16(23)14-18(19)25-21(29)20(28)24-8-9-26-10-12-27(13-11-26)17-5-2-15(22)3-6-17/h2-7,14H,8-13H2,1H3,(H,24,28)(H,25,29). The van der Waals surface area contributed by atoms with Crippen molar-refractivity contribution in [1.82, 2.24) is 10.2 Å². The topological polar surface area (TPSA) is 73.9 Å². The number of rotatable bonds is 6. The lowest BCUT2D eigenvalue weighted by Crippen LogP contribution is -2.49. The number of piperazine rings is 1. The highest BCUT2D eigenvalue weighted by atomic mass is 35.5. The first-order valence-corrected chi connectivity index (χ1v) is 10.4. The molecule has 9 heteroatoms. The summed E-state index contributed by atoms with van der Waals surface area (Å²) in [5.41, 5.74) is 1.50. The van der Waals surface area contributed by atoms with E-state index >= 15 is 0 Å². The number of benzene rings is 2. The molecule has 1 fully saturated rings. The molecule has 0 bridgehead atoms. The third-order valence-electron chi connectivity index (χ3n) is 4.89. The van der Waals surface area contributed by atoms with Gasteiger partial charge in [-0.1, -0.05) is 23.2 Å². The minimum Gasteiger partial charge on any atom is -0.495 e. The minimum absolute atomic E-state index is 0.350. The Morgan fingerprint density at radius 2 is 1.63 bits per heavy atom. The molecule has 0 aromatic heterocycles. The Hall–Kier alpha value is -2.48. The van der Waals surface area contributed by atoms with Gasteiger partial charge in [0, 0.05) is 55.0 Å². The molecule has 0 radical (unpaired) electrons. The van der Waals surface area contributed by atoms with Crippen LogP contribution in [0.3, 0.4) is 0 Å². The van der Waals surface area contributed by atoms with E-state index in [1.54, 1.807) is 12.1 Å². The van der Waals surface area contributed by atoms with Gasteiger partial charge in [0.1, 0.15) is 5.75 Å². The normalized spacial score (nSPS) is 14.3. The van der Waals surface area contributed by atoms with Crippen molar-refractivity contribution < 1.29 is 14.3 Å². The van der Waals surface area contributed by atoms with Crippen molar-refractivity contribution in [3.8, 4) is 5.75 Å². The Labute approximate surface area is 185 Å². The van der Waals surface area contributed by atoms with Crippen LogP contribution in [0.25, 0.3) is 0 Å². The molecule has 2 aromatic carbocycles. The highest BCUT2D eigenvalue weighted by Gasteiger charge is 2.19. The number of hydrogen-bond donors (Lipinski definition) is 2. The van der Waals surface area contributed by atoms with Gasteiger partial charge in [-0.3, -0.25) is 14.5 Å². The van der Waals surface area contributed by atoms with Crippen molar-refractivity contribution in [2.24, 2.45) is 0 Å². The second-order valence-corrected chi connectivity index (χ2v) is 7.73. The molecule has 160 valence electrons. The third kappa shape index (κ3) is 6.01. The summed E-state index contributed by atoms with van der Waals surface area (Å²) >= 11 is 11.9. The maximum Gasteiger partial charge on any atom is 0.313 e. The fourth-order valence-electron chi connectivity index (χ4n) is 3.25. The van der Waals surface area contributed by atoms with Gasteiger partial charge in [0.25, 0.3) is 0 Å². The fraction of sp³-hybridized carbons (Fsp3) is 0.333. The molecule has 0 unspecified atom stereocenters. The number of nitrogens with one attached hydrogen (secondary N) is 2. The summed E-state index contributed by atoms with van der Waals surface area (Å²) < 4.78 is 5.17. The maximum absolute atomic E-state index is 12.1. The largest absolute Gasteiger partial charge is 0.495 e. The number of amides is 2. The molecule has 2 aromatic rings. The van der Waals surface area contributed by atoms with Gasteiger partial charge in [0.05, 0.1) is 12.8 Å². The van der Waals surface area contributed by atoms with E-state index < -0.39 is 11.8 Å². The number of carbonyl (C=O) groups is 2. The number of carbonyl (C=O) groups excluding carboxylic acids is 2. The molecule has 2 amide bonds. The molecular formula is C21H24Cl2N4O3. The number of halogens is 2. The molecule has 0 spiro atoms. The number of anilines is 2. The number of nitrogens with zero attached hydrogens (tertiary/aromatic N) is 2. The molecule has 1 aliphatic rings. The second-order valence-electron chi connectivity index (χ2n) is 6.86. The lowest BCUT2D eigenvalue weighted by molar-refractivity contribution is -0.136.